The molecule has 0 bridgehead atoms. The van der Waals surface area contributed by atoms with E-state index in [9.17, 15) is 14.7 Å². The number of piperazine rings is 1. The van der Waals surface area contributed by atoms with Crippen molar-refractivity contribution in [2.75, 3.05) is 26.2 Å². The first-order chi connectivity index (χ1) is 12.0. The Kier molecular flexibility index (Phi) is 5.76. The maximum absolute atomic E-state index is 12.7. The normalized spacial score (nSPS) is 24.3. The van der Waals surface area contributed by atoms with Gasteiger partial charge in [0.2, 0.25) is 5.91 Å². The number of quaternary nitrogens is 1. The lowest BCUT2D eigenvalue weighted by atomic mass is 9.82. The second kappa shape index (κ2) is 8.02. The predicted molar refractivity (Wildman–Crippen MR) is 92.8 cm³/mol. The highest BCUT2D eigenvalue weighted by atomic mass is 35.5. The Balaban J connectivity index is 1.54. The molecule has 1 aromatic rings. The van der Waals surface area contributed by atoms with Crippen LogP contribution >= 0.6 is 11.6 Å². The van der Waals surface area contributed by atoms with Crippen LogP contribution in [0, 0.1) is 11.8 Å². The molecule has 0 radical (unpaired) electrons. The molecule has 0 unspecified atom stereocenters. The van der Waals surface area contributed by atoms with Crippen LogP contribution in [0.3, 0.4) is 0 Å². The number of carboxylic acids is 1. The molecule has 1 amide bonds. The Morgan fingerprint density at radius 1 is 1.08 bits per heavy atom. The van der Waals surface area contributed by atoms with Crippen molar-refractivity contribution in [1.82, 2.24) is 4.90 Å². The third-order valence-electron chi connectivity index (χ3n) is 5.20. The smallest absolute Gasteiger partial charge is 0.227 e. The molecule has 0 saturated carbocycles. The largest absolute Gasteiger partial charge is 0.550 e. The van der Waals surface area contributed by atoms with Gasteiger partial charge >= 0.3 is 0 Å². The molecular weight excluding hydrogens is 340 g/mol. The van der Waals surface area contributed by atoms with Crippen molar-refractivity contribution >= 4 is 23.5 Å². The number of benzene rings is 1. The van der Waals surface area contributed by atoms with Crippen molar-refractivity contribution in [1.29, 1.82) is 0 Å². The zero-order valence-corrected chi connectivity index (χ0v) is 14.9. The maximum Gasteiger partial charge on any atom is 0.227 e. The highest BCUT2D eigenvalue weighted by molar-refractivity contribution is 6.30. The molecule has 1 fully saturated rings. The van der Waals surface area contributed by atoms with Gasteiger partial charge in [-0.3, -0.25) is 4.79 Å². The maximum atomic E-state index is 12.7. The number of carbonyl (C=O) groups excluding carboxylic acids is 2. The second-order valence-electron chi connectivity index (χ2n) is 6.85. The van der Waals surface area contributed by atoms with Crippen LogP contribution in [-0.4, -0.2) is 43.0 Å². The zero-order chi connectivity index (χ0) is 17.8. The quantitative estimate of drug-likeness (QED) is 0.761. The Morgan fingerprint density at radius 2 is 1.68 bits per heavy atom. The van der Waals surface area contributed by atoms with Crippen LogP contribution in [0.4, 0.5) is 0 Å². The fourth-order valence-corrected chi connectivity index (χ4v) is 3.82. The molecule has 1 aromatic carbocycles. The van der Waals surface area contributed by atoms with E-state index in [4.69, 9.17) is 11.6 Å². The minimum Gasteiger partial charge on any atom is -0.550 e. The minimum absolute atomic E-state index is 0.0379. The van der Waals surface area contributed by atoms with E-state index in [1.165, 1.54) is 10.5 Å². The number of allylic oxidation sites excluding steroid dienone is 2. The van der Waals surface area contributed by atoms with Gasteiger partial charge in [-0.15, -0.1) is 0 Å². The van der Waals surface area contributed by atoms with Crippen molar-refractivity contribution in [3.63, 3.8) is 0 Å². The van der Waals surface area contributed by atoms with E-state index in [1.807, 2.05) is 41.3 Å². The first-order valence-corrected chi connectivity index (χ1v) is 9.15. The number of aliphatic carboxylic acids is 1. The molecule has 1 aliphatic heterocycles. The summed E-state index contributed by atoms with van der Waals surface area (Å²) in [5.74, 6) is -2.33. The molecule has 0 aromatic heterocycles. The zero-order valence-electron chi connectivity index (χ0n) is 14.1. The average Bonchev–Trinajstić information content (AvgIpc) is 2.63. The lowest BCUT2D eigenvalue weighted by molar-refractivity contribution is -0.917. The van der Waals surface area contributed by atoms with Gasteiger partial charge in [0, 0.05) is 28.4 Å². The lowest BCUT2D eigenvalue weighted by Gasteiger charge is -2.37. The molecule has 5 nitrogen and oxygen atoms in total. The summed E-state index contributed by atoms with van der Waals surface area (Å²) < 4.78 is 0. The first-order valence-electron chi connectivity index (χ1n) is 8.77. The molecule has 2 atom stereocenters. The van der Waals surface area contributed by atoms with Gasteiger partial charge < -0.3 is 19.7 Å². The molecule has 2 aliphatic rings. The Hall–Kier alpha value is -1.85. The Bertz CT molecular complexity index is 651. The fourth-order valence-electron chi connectivity index (χ4n) is 3.69. The van der Waals surface area contributed by atoms with Crippen LogP contribution in [-0.2, 0) is 16.1 Å². The van der Waals surface area contributed by atoms with Gasteiger partial charge in [-0.2, -0.15) is 0 Å². The van der Waals surface area contributed by atoms with Gasteiger partial charge in [0.05, 0.1) is 26.2 Å². The molecule has 1 aliphatic carbocycles. The monoisotopic (exact) mass is 362 g/mol. The summed E-state index contributed by atoms with van der Waals surface area (Å²) >= 11 is 5.91. The van der Waals surface area contributed by atoms with Gasteiger partial charge in [0.15, 0.2) is 0 Å². The molecule has 3 rings (SSSR count). The van der Waals surface area contributed by atoms with Crippen LogP contribution < -0.4 is 10.0 Å². The average molecular weight is 363 g/mol. The molecule has 1 N–H and O–H groups in total. The van der Waals surface area contributed by atoms with Gasteiger partial charge in [0.1, 0.15) is 6.54 Å². The number of hydrogen-bond donors (Lipinski definition) is 1. The van der Waals surface area contributed by atoms with E-state index >= 15 is 0 Å². The van der Waals surface area contributed by atoms with E-state index in [-0.39, 0.29) is 5.91 Å². The number of nitrogens with zero attached hydrogens (tertiary/aromatic N) is 1. The standard InChI is InChI=1S/C19H23ClN2O3/c20-15-7-5-14(6-8-15)13-21-9-11-22(12-10-21)18(23)16-3-1-2-4-17(16)19(24)25/h1-2,5-8,16-17H,3-4,9-13H2,(H,24,25)/t16-,17+/m1/s1. The van der Waals surface area contributed by atoms with E-state index < -0.39 is 17.8 Å². The number of rotatable bonds is 4. The molecular formula is C19H23ClN2O3. The summed E-state index contributed by atoms with van der Waals surface area (Å²) in [7, 11) is 0. The van der Waals surface area contributed by atoms with Crippen LogP contribution in [0.5, 0.6) is 0 Å². The van der Waals surface area contributed by atoms with Gasteiger partial charge in [0.25, 0.3) is 0 Å². The van der Waals surface area contributed by atoms with E-state index in [0.717, 1.165) is 24.7 Å². The number of amides is 1. The summed E-state index contributed by atoms with van der Waals surface area (Å²) in [6, 6.07) is 7.86. The van der Waals surface area contributed by atoms with Crippen molar-refractivity contribution in [2.45, 2.75) is 19.4 Å². The van der Waals surface area contributed by atoms with Crippen LogP contribution in [0.25, 0.3) is 0 Å². The molecule has 1 saturated heterocycles. The fraction of sp³-hybridized carbons (Fsp3) is 0.474. The summed E-state index contributed by atoms with van der Waals surface area (Å²) in [5.41, 5.74) is 1.23. The number of carboxylic acid groups (broad SMARTS) is 1. The van der Waals surface area contributed by atoms with Gasteiger partial charge in [-0.1, -0.05) is 35.9 Å². The Morgan fingerprint density at radius 3 is 2.28 bits per heavy atom. The molecule has 0 spiro atoms. The van der Waals surface area contributed by atoms with Crippen LogP contribution in [0.1, 0.15) is 18.4 Å². The predicted octanol–water partition coefficient (Wildman–Crippen LogP) is -0.101. The van der Waals surface area contributed by atoms with Crippen molar-refractivity contribution in [3.05, 3.63) is 47.0 Å². The molecule has 25 heavy (non-hydrogen) atoms. The van der Waals surface area contributed by atoms with E-state index in [1.54, 1.807) is 0 Å². The summed E-state index contributed by atoms with van der Waals surface area (Å²) in [5, 5.41) is 12.0. The van der Waals surface area contributed by atoms with Gasteiger partial charge in [-0.25, -0.2) is 0 Å². The van der Waals surface area contributed by atoms with E-state index in [0.29, 0.717) is 25.9 Å². The van der Waals surface area contributed by atoms with Crippen LogP contribution in [0.2, 0.25) is 5.02 Å². The number of carbonyl (C=O) groups is 2. The Labute approximate surface area is 152 Å². The second-order valence-corrected chi connectivity index (χ2v) is 7.29. The van der Waals surface area contributed by atoms with E-state index in [2.05, 4.69) is 0 Å². The van der Waals surface area contributed by atoms with Crippen LogP contribution in [0.15, 0.2) is 36.4 Å². The van der Waals surface area contributed by atoms with Crippen molar-refractivity contribution in [3.8, 4) is 0 Å². The van der Waals surface area contributed by atoms with Crippen molar-refractivity contribution in [2.24, 2.45) is 11.8 Å². The molecule has 6 heteroatoms. The summed E-state index contributed by atoms with van der Waals surface area (Å²) in [4.78, 5) is 27.3. The summed E-state index contributed by atoms with van der Waals surface area (Å²) in [6.07, 6.45) is 4.62. The number of hydrogen-bond acceptors (Lipinski definition) is 3. The lowest BCUT2D eigenvalue weighted by Crippen LogP contribution is -3.13. The first kappa shape index (κ1) is 18.0. The highest BCUT2D eigenvalue weighted by Gasteiger charge is 2.34. The van der Waals surface area contributed by atoms with Crippen molar-refractivity contribution < 1.29 is 19.6 Å². The topological polar surface area (TPSA) is 64.9 Å². The number of nitrogens with one attached hydrogen (secondary N) is 1. The molecule has 134 valence electrons. The minimum atomic E-state index is -1.12. The van der Waals surface area contributed by atoms with Gasteiger partial charge in [-0.05, 0) is 25.0 Å². The third kappa shape index (κ3) is 4.41. The molecule has 1 heterocycles. The third-order valence-corrected chi connectivity index (χ3v) is 5.45. The highest BCUT2D eigenvalue weighted by Crippen LogP contribution is 2.27. The summed E-state index contributed by atoms with van der Waals surface area (Å²) in [6.45, 7) is 3.98. The number of halogens is 1. The SMILES string of the molecule is O=C([O-])[C@H]1CC=CC[C@H]1C(=O)N1CC[NH+](Cc2ccc(Cl)cc2)CC1.